The summed E-state index contributed by atoms with van der Waals surface area (Å²) in [6, 6.07) is 17.3. The third-order valence-electron chi connectivity index (χ3n) is 3.10. The molecule has 0 saturated heterocycles. The van der Waals surface area contributed by atoms with Crippen molar-refractivity contribution >= 4 is 21.2 Å². The van der Waals surface area contributed by atoms with E-state index >= 15 is 0 Å². The number of fused-ring (bicyclic) bond motifs is 1. The van der Waals surface area contributed by atoms with Crippen molar-refractivity contribution in [2.45, 2.75) is 4.90 Å². The van der Waals surface area contributed by atoms with Crippen LogP contribution < -0.4 is 5.32 Å². The summed E-state index contributed by atoms with van der Waals surface area (Å²) in [6.45, 7) is 0. The first-order valence-electron chi connectivity index (χ1n) is 5.95. The number of nitrogens with one attached hydrogen (secondary N) is 1. The van der Waals surface area contributed by atoms with Gasteiger partial charge in [0.25, 0.3) is 0 Å². The topological polar surface area (TPSA) is 70.0 Å². The normalized spacial score (nSPS) is 15.9. The molecule has 1 N–H and O–H groups in total. The molecule has 0 aromatic heterocycles. The monoisotopic (exact) mass is 282 g/mol. The molecule has 1 aliphatic heterocycles. The molecule has 0 saturated carbocycles. The Morgan fingerprint density at radius 1 is 0.950 bits per heavy atom. The van der Waals surface area contributed by atoms with Gasteiger partial charge >= 0.3 is 0 Å². The van der Waals surface area contributed by atoms with Crippen LogP contribution in [0.3, 0.4) is 0 Å². The molecule has 0 aliphatic carbocycles. The van der Waals surface area contributed by atoms with Crippen LogP contribution in [-0.4, -0.2) is 8.42 Å². The molecule has 1 heterocycles. The maximum atomic E-state index is 12.5. The van der Waals surface area contributed by atoms with Crippen LogP contribution in [0.1, 0.15) is 5.56 Å². The van der Waals surface area contributed by atoms with E-state index in [0.717, 1.165) is 0 Å². The first kappa shape index (κ1) is 12.5. The average molecular weight is 282 g/mol. The average Bonchev–Trinajstić information content (AvgIpc) is 2.47. The van der Waals surface area contributed by atoms with Gasteiger partial charge in [0.05, 0.1) is 16.3 Å². The van der Waals surface area contributed by atoms with Crippen LogP contribution in [0.25, 0.3) is 5.70 Å². The Hall–Kier alpha value is -2.58. The van der Waals surface area contributed by atoms with Gasteiger partial charge in [-0.25, -0.2) is 8.42 Å². The fourth-order valence-corrected chi connectivity index (χ4v) is 3.61. The van der Waals surface area contributed by atoms with E-state index in [1.54, 1.807) is 42.5 Å². The standard InChI is InChI=1S/C15H10N2O2S/c16-10-14-15(11-6-2-1-3-7-11)17-12-8-4-5-9-13(12)20(14,18)19/h1-9,17H. The van der Waals surface area contributed by atoms with Gasteiger partial charge in [0.1, 0.15) is 6.07 Å². The first-order chi connectivity index (χ1) is 9.64. The number of hydrogen-bond acceptors (Lipinski definition) is 4. The van der Waals surface area contributed by atoms with Crippen molar-refractivity contribution in [3.63, 3.8) is 0 Å². The van der Waals surface area contributed by atoms with Crippen molar-refractivity contribution in [3.05, 3.63) is 65.1 Å². The van der Waals surface area contributed by atoms with Crippen LogP contribution in [0.15, 0.2) is 64.4 Å². The maximum Gasteiger partial charge on any atom is 0.220 e. The number of nitrogens with zero attached hydrogens (tertiary/aromatic N) is 1. The fourth-order valence-electron chi connectivity index (χ4n) is 2.16. The van der Waals surface area contributed by atoms with E-state index in [9.17, 15) is 13.7 Å². The fraction of sp³-hybridized carbons (Fsp3) is 0. The predicted molar refractivity (Wildman–Crippen MR) is 76.2 cm³/mol. The first-order valence-corrected chi connectivity index (χ1v) is 7.44. The lowest BCUT2D eigenvalue weighted by Gasteiger charge is -2.21. The molecule has 1 aliphatic rings. The van der Waals surface area contributed by atoms with Crippen LogP contribution in [0.5, 0.6) is 0 Å². The molecule has 0 atom stereocenters. The summed E-state index contributed by atoms with van der Waals surface area (Å²) in [5.41, 5.74) is 1.49. The molecule has 0 radical (unpaired) electrons. The Balaban J connectivity index is 2.31. The molecule has 0 bridgehead atoms. The molecule has 5 heteroatoms. The minimum absolute atomic E-state index is 0.135. The van der Waals surface area contributed by atoms with Crippen molar-refractivity contribution in [2.24, 2.45) is 0 Å². The molecule has 0 spiro atoms. The molecule has 98 valence electrons. The lowest BCUT2D eigenvalue weighted by Crippen LogP contribution is -2.17. The van der Waals surface area contributed by atoms with Gasteiger partial charge < -0.3 is 5.32 Å². The van der Waals surface area contributed by atoms with E-state index in [0.29, 0.717) is 16.9 Å². The van der Waals surface area contributed by atoms with Gasteiger partial charge in [-0.3, -0.25) is 0 Å². The summed E-state index contributed by atoms with van der Waals surface area (Å²) in [6.07, 6.45) is 0. The summed E-state index contributed by atoms with van der Waals surface area (Å²) in [5.74, 6) is 0. The quantitative estimate of drug-likeness (QED) is 0.873. The van der Waals surface area contributed by atoms with Crippen LogP contribution in [-0.2, 0) is 9.84 Å². The van der Waals surface area contributed by atoms with E-state index in [4.69, 9.17) is 0 Å². The van der Waals surface area contributed by atoms with E-state index in [1.807, 2.05) is 12.1 Å². The lowest BCUT2D eigenvalue weighted by atomic mass is 10.1. The third-order valence-corrected chi connectivity index (χ3v) is 4.86. The third kappa shape index (κ3) is 1.78. The Morgan fingerprint density at radius 3 is 2.30 bits per heavy atom. The highest BCUT2D eigenvalue weighted by Gasteiger charge is 2.32. The highest BCUT2D eigenvalue weighted by molar-refractivity contribution is 7.96. The zero-order valence-electron chi connectivity index (χ0n) is 10.4. The Kier molecular flexibility index (Phi) is 2.81. The van der Waals surface area contributed by atoms with Crippen molar-refractivity contribution < 1.29 is 8.42 Å². The van der Waals surface area contributed by atoms with Gasteiger partial charge in [0, 0.05) is 5.56 Å². The van der Waals surface area contributed by atoms with Gasteiger partial charge in [-0.15, -0.1) is 0 Å². The van der Waals surface area contributed by atoms with Gasteiger partial charge in [-0.05, 0) is 12.1 Å². The van der Waals surface area contributed by atoms with Gasteiger partial charge in [-0.1, -0.05) is 42.5 Å². The Morgan fingerprint density at radius 2 is 1.60 bits per heavy atom. The molecule has 0 amide bonds. The molecule has 0 fully saturated rings. The highest BCUT2D eigenvalue weighted by atomic mass is 32.2. The van der Waals surface area contributed by atoms with Crippen molar-refractivity contribution in [1.29, 1.82) is 5.26 Å². The zero-order chi connectivity index (χ0) is 14.2. The molecule has 0 unspecified atom stereocenters. The van der Waals surface area contributed by atoms with Crippen LogP contribution in [0, 0.1) is 11.3 Å². The van der Waals surface area contributed by atoms with E-state index in [2.05, 4.69) is 5.32 Å². The summed E-state index contributed by atoms with van der Waals surface area (Å²) in [4.78, 5) is -0.112. The van der Waals surface area contributed by atoms with E-state index in [1.165, 1.54) is 6.07 Å². The predicted octanol–water partition coefficient (Wildman–Crippen LogP) is 2.78. The highest BCUT2D eigenvalue weighted by Crippen LogP contribution is 2.37. The number of hydrogen-bond donors (Lipinski definition) is 1. The van der Waals surface area contributed by atoms with Crippen molar-refractivity contribution in [2.75, 3.05) is 5.32 Å². The minimum Gasteiger partial charge on any atom is -0.352 e. The van der Waals surface area contributed by atoms with Crippen LogP contribution in [0.2, 0.25) is 0 Å². The van der Waals surface area contributed by atoms with Crippen molar-refractivity contribution in [3.8, 4) is 6.07 Å². The number of allylic oxidation sites excluding steroid dienone is 1. The van der Waals surface area contributed by atoms with Crippen LogP contribution >= 0.6 is 0 Å². The molecule has 2 aromatic rings. The summed E-state index contributed by atoms with van der Waals surface area (Å²) >= 11 is 0. The van der Waals surface area contributed by atoms with Gasteiger partial charge in [0.2, 0.25) is 9.84 Å². The smallest absolute Gasteiger partial charge is 0.220 e. The lowest BCUT2D eigenvalue weighted by molar-refractivity contribution is 0.603. The number of nitriles is 1. The molecular weight excluding hydrogens is 272 g/mol. The summed E-state index contributed by atoms with van der Waals surface area (Å²) in [5, 5.41) is 12.3. The second-order valence-electron chi connectivity index (χ2n) is 4.31. The second-order valence-corrected chi connectivity index (χ2v) is 6.16. The van der Waals surface area contributed by atoms with Crippen LogP contribution in [0.4, 0.5) is 5.69 Å². The summed E-state index contributed by atoms with van der Waals surface area (Å²) < 4.78 is 25.0. The number of anilines is 1. The van der Waals surface area contributed by atoms with Gasteiger partial charge in [0.15, 0.2) is 4.91 Å². The summed E-state index contributed by atoms with van der Waals surface area (Å²) in [7, 11) is -3.77. The minimum atomic E-state index is -3.77. The molecule has 4 nitrogen and oxygen atoms in total. The molecule has 2 aromatic carbocycles. The number of para-hydroxylation sites is 1. The number of benzene rings is 2. The van der Waals surface area contributed by atoms with Crippen molar-refractivity contribution in [1.82, 2.24) is 0 Å². The van der Waals surface area contributed by atoms with E-state index < -0.39 is 9.84 Å². The molecule has 3 rings (SSSR count). The SMILES string of the molecule is N#CC1=C(c2ccccc2)Nc2ccccc2S1(=O)=O. The maximum absolute atomic E-state index is 12.5. The molecule has 20 heavy (non-hydrogen) atoms. The number of rotatable bonds is 1. The molecular formula is C15H10N2O2S. The zero-order valence-corrected chi connectivity index (χ0v) is 11.2. The van der Waals surface area contributed by atoms with Gasteiger partial charge in [-0.2, -0.15) is 5.26 Å². The second kappa shape index (κ2) is 4.51. The number of sulfone groups is 1. The Bertz CT molecular complexity index is 847. The van der Waals surface area contributed by atoms with E-state index in [-0.39, 0.29) is 9.80 Å². The Labute approximate surface area is 116 Å². The largest absolute Gasteiger partial charge is 0.352 e.